The Labute approximate surface area is 204 Å². The van der Waals surface area contributed by atoms with Crippen molar-refractivity contribution >= 4 is 23.7 Å². The highest BCUT2D eigenvalue weighted by Crippen LogP contribution is 2.42. The Kier molecular flexibility index (Phi) is 10.9. The van der Waals surface area contributed by atoms with Crippen LogP contribution in [-0.4, -0.2) is 99.1 Å². The van der Waals surface area contributed by atoms with Crippen LogP contribution < -0.4 is 5.32 Å². The molecule has 3 rings (SSSR count). The highest BCUT2D eigenvalue weighted by molar-refractivity contribution is 6.02. The molecule has 2 aliphatic heterocycles. The van der Waals surface area contributed by atoms with Crippen LogP contribution in [0.4, 0.5) is 0 Å². The predicted octanol–water partition coefficient (Wildman–Crippen LogP) is -0.179. The average Bonchev–Trinajstić information content (AvgIpc) is 3.16. The lowest BCUT2D eigenvalue weighted by atomic mass is 9.74. The molecule has 3 fully saturated rings. The predicted molar refractivity (Wildman–Crippen MR) is 121 cm³/mol. The Balaban J connectivity index is 1.29. The van der Waals surface area contributed by atoms with Crippen LogP contribution in [0.25, 0.3) is 0 Å². The minimum atomic E-state index is -1.01. The molecule has 0 spiro atoms. The summed E-state index contributed by atoms with van der Waals surface area (Å²) in [4.78, 5) is 48.8. The van der Waals surface area contributed by atoms with E-state index in [2.05, 4.69) is 17.2 Å². The van der Waals surface area contributed by atoms with Gasteiger partial charge in [-0.2, -0.15) is 0 Å². The molecule has 0 aromatic heterocycles. The number of likely N-dealkylation sites (tertiary alicyclic amines) is 1. The van der Waals surface area contributed by atoms with Gasteiger partial charge in [-0.25, -0.2) is 4.79 Å². The van der Waals surface area contributed by atoms with Gasteiger partial charge in [-0.3, -0.25) is 19.7 Å². The summed E-state index contributed by atoms with van der Waals surface area (Å²) in [5.74, 6) is 4.53. The monoisotopic (exact) mass is 494 g/mol. The third kappa shape index (κ3) is 8.28. The SMILES string of the molecule is O=C(O)COCCOCCOCCOCC#CC1CCCC2CN(C3CCC(=O)NC3=O)C(=O)C12. The quantitative estimate of drug-likeness (QED) is 0.203. The van der Waals surface area contributed by atoms with Crippen LogP contribution in [0.15, 0.2) is 0 Å². The molecule has 0 aromatic rings. The van der Waals surface area contributed by atoms with Gasteiger partial charge in [0.15, 0.2) is 0 Å². The van der Waals surface area contributed by atoms with Crippen molar-refractivity contribution in [3.63, 3.8) is 0 Å². The van der Waals surface area contributed by atoms with Crippen molar-refractivity contribution in [2.75, 3.05) is 59.4 Å². The van der Waals surface area contributed by atoms with E-state index in [1.54, 1.807) is 4.90 Å². The molecule has 1 aliphatic carbocycles. The largest absolute Gasteiger partial charge is 0.480 e. The number of rotatable bonds is 13. The summed E-state index contributed by atoms with van der Waals surface area (Å²) in [5, 5.41) is 10.8. The minimum Gasteiger partial charge on any atom is -0.480 e. The molecule has 3 amide bonds. The lowest BCUT2D eigenvalue weighted by Gasteiger charge is -2.30. The van der Waals surface area contributed by atoms with E-state index in [0.717, 1.165) is 19.3 Å². The fourth-order valence-corrected chi connectivity index (χ4v) is 4.84. The molecule has 4 unspecified atom stereocenters. The summed E-state index contributed by atoms with van der Waals surface area (Å²) < 4.78 is 21.0. The second-order valence-corrected chi connectivity index (χ2v) is 8.83. The maximum absolute atomic E-state index is 13.1. The van der Waals surface area contributed by atoms with Gasteiger partial charge in [0.2, 0.25) is 17.7 Å². The maximum Gasteiger partial charge on any atom is 0.329 e. The van der Waals surface area contributed by atoms with E-state index in [1.807, 2.05) is 0 Å². The number of carbonyl (C=O) groups is 4. The Morgan fingerprint density at radius 3 is 2.34 bits per heavy atom. The summed E-state index contributed by atoms with van der Waals surface area (Å²) in [5.41, 5.74) is 0. The summed E-state index contributed by atoms with van der Waals surface area (Å²) in [6, 6.07) is -0.557. The van der Waals surface area contributed by atoms with E-state index in [1.165, 1.54) is 0 Å². The summed E-state index contributed by atoms with van der Waals surface area (Å²) in [6.45, 7) is 2.55. The van der Waals surface area contributed by atoms with Gasteiger partial charge < -0.3 is 29.0 Å². The van der Waals surface area contributed by atoms with Crippen LogP contribution in [0.1, 0.15) is 32.1 Å². The van der Waals surface area contributed by atoms with Crippen molar-refractivity contribution < 1.29 is 43.2 Å². The molecule has 3 aliphatic rings. The second kappa shape index (κ2) is 14.1. The van der Waals surface area contributed by atoms with Gasteiger partial charge >= 0.3 is 5.97 Å². The first-order valence-electron chi connectivity index (χ1n) is 12.1. The fourth-order valence-electron chi connectivity index (χ4n) is 4.84. The average molecular weight is 495 g/mol. The van der Waals surface area contributed by atoms with Crippen LogP contribution in [-0.2, 0) is 38.1 Å². The van der Waals surface area contributed by atoms with Crippen molar-refractivity contribution in [3.8, 4) is 11.8 Å². The number of fused-ring (bicyclic) bond motifs is 1. The zero-order chi connectivity index (χ0) is 25.0. The van der Waals surface area contributed by atoms with Crippen molar-refractivity contribution in [3.05, 3.63) is 0 Å². The molecule has 194 valence electrons. The number of imide groups is 1. The third-order valence-electron chi connectivity index (χ3n) is 6.42. The number of nitrogens with one attached hydrogen (secondary N) is 1. The number of aliphatic carboxylic acids is 1. The number of piperidine rings is 1. The lowest BCUT2D eigenvalue weighted by Crippen LogP contribution is -2.53. The van der Waals surface area contributed by atoms with Crippen molar-refractivity contribution in [1.82, 2.24) is 10.2 Å². The molecular weight excluding hydrogens is 460 g/mol. The molecule has 2 heterocycles. The molecule has 1 saturated carbocycles. The van der Waals surface area contributed by atoms with Crippen molar-refractivity contribution in [2.24, 2.45) is 17.8 Å². The fraction of sp³-hybridized carbons (Fsp3) is 0.750. The zero-order valence-corrected chi connectivity index (χ0v) is 19.9. The Morgan fingerprint density at radius 1 is 0.971 bits per heavy atom. The van der Waals surface area contributed by atoms with Gasteiger partial charge in [-0.15, -0.1) is 0 Å². The molecule has 0 radical (unpaired) electrons. The van der Waals surface area contributed by atoms with Crippen LogP contribution in [0, 0.1) is 29.6 Å². The Morgan fingerprint density at radius 2 is 1.66 bits per heavy atom. The van der Waals surface area contributed by atoms with Crippen LogP contribution in [0.5, 0.6) is 0 Å². The molecule has 35 heavy (non-hydrogen) atoms. The van der Waals surface area contributed by atoms with Gasteiger partial charge in [0, 0.05) is 18.9 Å². The van der Waals surface area contributed by atoms with Gasteiger partial charge in [-0.05, 0) is 25.2 Å². The first-order valence-corrected chi connectivity index (χ1v) is 12.1. The maximum atomic E-state index is 13.1. The number of ether oxygens (including phenoxy) is 4. The van der Waals surface area contributed by atoms with Gasteiger partial charge in [0.05, 0.1) is 45.6 Å². The van der Waals surface area contributed by atoms with E-state index in [-0.39, 0.29) is 61.7 Å². The van der Waals surface area contributed by atoms with E-state index in [0.29, 0.717) is 46.0 Å². The number of carbonyl (C=O) groups excluding carboxylic acids is 3. The lowest BCUT2D eigenvalue weighted by molar-refractivity contribution is -0.145. The van der Waals surface area contributed by atoms with Crippen LogP contribution in [0.3, 0.4) is 0 Å². The standard InChI is InChI=1S/C24H34N2O9/c27-20-7-6-19(23(30)25-20)26-15-18-4-1-3-17(22(18)24(26)31)5-2-8-32-9-10-33-11-12-34-13-14-35-16-21(28)29/h17-19,22H,1,3-4,6-16H2,(H,28,29)(H,25,27,30). The minimum absolute atomic E-state index is 0.0199. The Bertz CT molecular complexity index is 822. The normalized spacial score (nSPS) is 26.2. The molecule has 2 saturated heterocycles. The summed E-state index contributed by atoms with van der Waals surface area (Å²) in [6.07, 6.45) is 3.45. The first-order chi connectivity index (χ1) is 17.0. The van der Waals surface area contributed by atoms with E-state index >= 15 is 0 Å². The molecule has 4 atom stereocenters. The molecular formula is C24H34N2O9. The van der Waals surface area contributed by atoms with Crippen LogP contribution in [0.2, 0.25) is 0 Å². The number of carboxylic acid groups (broad SMARTS) is 1. The number of hydrogen-bond donors (Lipinski definition) is 2. The molecule has 0 bridgehead atoms. The van der Waals surface area contributed by atoms with Gasteiger partial charge in [-0.1, -0.05) is 18.3 Å². The van der Waals surface area contributed by atoms with E-state index in [4.69, 9.17) is 24.1 Å². The van der Waals surface area contributed by atoms with E-state index < -0.39 is 12.0 Å². The van der Waals surface area contributed by atoms with Crippen molar-refractivity contribution in [2.45, 2.75) is 38.1 Å². The van der Waals surface area contributed by atoms with Gasteiger partial charge in [0.1, 0.15) is 19.3 Å². The summed E-state index contributed by atoms with van der Waals surface area (Å²) >= 11 is 0. The molecule has 0 aromatic carbocycles. The molecule has 2 N–H and O–H groups in total. The highest BCUT2D eigenvalue weighted by atomic mass is 16.6. The zero-order valence-electron chi connectivity index (χ0n) is 19.9. The second-order valence-electron chi connectivity index (χ2n) is 8.83. The van der Waals surface area contributed by atoms with Gasteiger partial charge in [0.25, 0.3) is 0 Å². The third-order valence-corrected chi connectivity index (χ3v) is 6.42. The molecule has 11 heteroatoms. The topological polar surface area (TPSA) is 141 Å². The number of amides is 3. The van der Waals surface area contributed by atoms with Crippen LogP contribution >= 0.6 is 0 Å². The number of hydrogen-bond acceptors (Lipinski definition) is 8. The highest BCUT2D eigenvalue weighted by Gasteiger charge is 2.49. The van der Waals surface area contributed by atoms with E-state index in [9.17, 15) is 19.2 Å². The number of nitrogens with zero attached hydrogens (tertiary/aromatic N) is 1. The smallest absolute Gasteiger partial charge is 0.329 e. The summed E-state index contributed by atoms with van der Waals surface area (Å²) in [7, 11) is 0. The Hall–Kier alpha value is -2.52. The number of carboxylic acids is 1. The molecule has 11 nitrogen and oxygen atoms in total. The van der Waals surface area contributed by atoms with Crippen molar-refractivity contribution in [1.29, 1.82) is 0 Å². The first kappa shape index (κ1) is 27.1.